The molecular formula is C22H33N7O. The number of H-pyrrole nitrogens is 1. The first-order valence-electron chi connectivity index (χ1n) is 11.5. The molecule has 2 saturated carbocycles. The van der Waals surface area contributed by atoms with E-state index in [1.54, 1.807) is 6.26 Å². The second kappa shape index (κ2) is 8.79. The van der Waals surface area contributed by atoms with E-state index in [0.29, 0.717) is 18.1 Å². The van der Waals surface area contributed by atoms with Crippen LogP contribution in [-0.4, -0.2) is 76.3 Å². The zero-order valence-electron chi connectivity index (χ0n) is 17.9. The summed E-state index contributed by atoms with van der Waals surface area (Å²) in [6.45, 7) is 8.14. The standard InChI is InChI=1S/C22H33N7O/c1-2-23-22(24-8-7-20-25-21(27-26-20)19-4-3-13-30-19)29-11-9-28(10-12-29)18-15-16-5-6-17(18)14-16/h3-4,13,16-18H,2,5-12,14-15H2,1H3,(H,23,24)(H,25,26,27). The lowest BCUT2D eigenvalue weighted by Crippen LogP contribution is -2.55. The average Bonchev–Trinajstić information content (AvgIpc) is 3.58. The topological polar surface area (TPSA) is 85.6 Å². The first-order chi connectivity index (χ1) is 14.8. The largest absolute Gasteiger partial charge is 0.461 e. The highest BCUT2D eigenvalue weighted by atomic mass is 16.3. The van der Waals surface area contributed by atoms with Gasteiger partial charge in [-0.05, 0) is 50.2 Å². The number of nitrogens with one attached hydrogen (secondary N) is 2. The smallest absolute Gasteiger partial charge is 0.216 e. The van der Waals surface area contributed by atoms with E-state index in [0.717, 1.165) is 68.8 Å². The monoisotopic (exact) mass is 411 g/mol. The van der Waals surface area contributed by atoms with Gasteiger partial charge in [0.05, 0.1) is 6.26 Å². The number of guanidine groups is 1. The van der Waals surface area contributed by atoms with Crippen molar-refractivity contribution in [2.45, 2.75) is 45.1 Å². The molecule has 3 atom stereocenters. The third-order valence-electron chi connectivity index (χ3n) is 7.00. The first kappa shape index (κ1) is 19.6. The number of aromatic amines is 1. The zero-order chi connectivity index (χ0) is 20.3. The summed E-state index contributed by atoms with van der Waals surface area (Å²) >= 11 is 0. The van der Waals surface area contributed by atoms with Crippen LogP contribution < -0.4 is 5.32 Å². The summed E-state index contributed by atoms with van der Waals surface area (Å²) in [6.07, 6.45) is 8.23. The van der Waals surface area contributed by atoms with E-state index in [1.807, 2.05) is 12.1 Å². The van der Waals surface area contributed by atoms with Crippen LogP contribution in [0.1, 0.15) is 38.4 Å². The van der Waals surface area contributed by atoms with Crippen molar-refractivity contribution in [3.05, 3.63) is 24.2 Å². The summed E-state index contributed by atoms with van der Waals surface area (Å²) in [6, 6.07) is 4.56. The van der Waals surface area contributed by atoms with Gasteiger partial charge in [-0.15, -0.1) is 0 Å². The predicted octanol–water partition coefficient (Wildman–Crippen LogP) is 2.38. The first-order valence-corrected chi connectivity index (χ1v) is 11.5. The molecule has 1 saturated heterocycles. The van der Waals surface area contributed by atoms with E-state index in [1.165, 1.54) is 25.7 Å². The molecule has 0 aromatic carbocycles. The van der Waals surface area contributed by atoms with Gasteiger partial charge in [0, 0.05) is 51.7 Å². The minimum absolute atomic E-state index is 0.600. The molecule has 30 heavy (non-hydrogen) atoms. The Morgan fingerprint density at radius 1 is 1.27 bits per heavy atom. The number of aliphatic imine (C=N–C) groups is 1. The van der Waals surface area contributed by atoms with Gasteiger partial charge in [0.25, 0.3) is 0 Å². The minimum Gasteiger partial charge on any atom is -0.461 e. The maximum Gasteiger partial charge on any atom is 0.216 e. The molecule has 0 radical (unpaired) electrons. The van der Waals surface area contributed by atoms with Crippen LogP contribution in [0.15, 0.2) is 27.8 Å². The van der Waals surface area contributed by atoms with E-state index in [9.17, 15) is 0 Å². The van der Waals surface area contributed by atoms with Crippen molar-refractivity contribution < 1.29 is 4.42 Å². The third-order valence-corrected chi connectivity index (χ3v) is 7.00. The Balaban J connectivity index is 1.14. The fourth-order valence-corrected chi connectivity index (χ4v) is 5.54. The van der Waals surface area contributed by atoms with Gasteiger partial charge in [-0.25, -0.2) is 4.98 Å². The van der Waals surface area contributed by atoms with Crippen molar-refractivity contribution in [1.82, 2.24) is 30.3 Å². The van der Waals surface area contributed by atoms with Crippen LogP contribution in [0.25, 0.3) is 11.6 Å². The van der Waals surface area contributed by atoms with Crippen molar-refractivity contribution in [2.24, 2.45) is 16.8 Å². The minimum atomic E-state index is 0.600. The molecule has 2 aliphatic carbocycles. The van der Waals surface area contributed by atoms with Crippen molar-refractivity contribution in [3.8, 4) is 11.6 Å². The maximum absolute atomic E-state index is 5.36. The Morgan fingerprint density at radius 2 is 2.17 bits per heavy atom. The van der Waals surface area contributed by atoms with Crippen LogP contribution in [0.3, 0.4) is 0 Å². The SMILES string of the molecule is CCNC(=NCCc1nc(-c2ccco2)n[nH]1)N1CCN(C2CC3CCC2C3)CC1. The van der Waals surface area contributed by atoms with E-state index in [-0.39, 0.29) is 0 Å². The quantitative estimate of drug-likeness (QED) is 0.561. The molecular weight excluding hydrogens is 378 g/mol. The van der Waals surface area contributed by atoms with Crippen LogP contribution >= 0.6 is 0 Å². The average molecular weight is 412 g/mol. The van der Waals surface area contributed by atoms with Crippen LogP contribution in [-0.2, 0) is 6.42 Å². The highest BCUT2D eigenvalue weighted by molar-refractivity contribution is 5.80. The van der Waals surface area contributed by atoms with E-state index in [4.69, 9.17) is 9.41 Å². The Bertz CT molecular complexity index is 838. The van der Waals surface area contributed by atoms with Gasteiger partial charge in [-0.3, -0.25) is 15.0 Å². The fraction of sp³-hybridized carbons (Fsp3) is 0.682. The molecule has 2 aromatic heterocycles. The molecule has 3 heterocycles. The second-order valence-corrected chi connectivity index (χ2v) is 8.83. The van der Waals surface area contributed by atoms with Crippen LogP contribution in [0, 0.1) is 11.8 Å². The van der Waals surface area contributed by atoms with Gasteiger partial charge in [0.2, 0.25) is 5.82 Å². The summed E-state index contributed by atoms with van der Waals surface area (Å²) in [5.74, 6) is 5.13. The molecule has 5 rings (SSSR count). The van der Waals surface area contributed by atoms with Crippen LogP contribution in [0.4, 0.5) is 0 Å². The van der Waals surface area contributed by atoms with Crippen LogP contribution in [0.2, 0.25) is 0 Å². The molecule has 162 valence electrons. The van der Waals surface area contributed by atoms with Crippen molar-refractivity contribution in [3.63, 3.8) is 0 Å². The number of hydrogen-bond donors (Lipinski definition) is 2. The van der Waals surface area contributed by atoms with E-state index < -0.39 is 0 Å². The summed E-state index contributed by atoms with van der Waals surface area (Å²) < 4.78 is 5.36. The van der Waals surface area contributed by atoms with E-state index in [2.05, 4.69) is 37.2 Å². The summed E-state index contributed by atoms with van der Waals surface area (Å²) in [7, 11) is 0. The van der Waals surface area contributed by atoms with Gasteiger partial charge >= 0.3 is 0 Å². The molecule has 2 bridgehead atoms. The van der Waals surface area contributed by atoms with Crippen molar-refractivity contribution >= 4 is 5.96 Å². The highest BCUT2D eigenvalue weighted by Gasteiger charge is 2.42. The molecule has 1 aliphatic heterocycles. The number of piperazine rings is 1. The molecule has 8 heteroatoms. The second-order valence-electron chi connectivity index (χ2n) is 8.83. The number of rotatable bonds is 6. The van der Waals surface area contributed by atoms with E-state index >= 15 is 0 Å². The lowest BCUT2D eigenvalue weighted by molar-refractivity contribution is 0.0958. The summed E-state index contributed by atoms with van der Waals surface area (Å²) in [5, 5.41) is 10.7. The van der Waals surface area contributed by atoms with Gasteiger partial charge in [-0.2, -0.15) is 5.10 Å². The summed E-state index contributed by atoms with van der Waals surface area (Å²) in [4.78, 5) is 14.6. The Morgan fingerprint density at radius 3 is 2.87 bits per heavy atom. The van der Waals surface area contributed by atoms with Crippen molar-refractivity contribution in [1.29, 1.82) is 0 Å². The number of hydrogen-bond acceptors (Lipinski definition) is 5. The molecule has 3 unspecified atom stereocenters. The predicted molar refractivity (Wildman–Crippen MR) is 116 cm³/mol. The molecule has 0 spiro atoms. The summed E-state index contributed by atoms with van der Waals surface area (Å²) in [5.41, 5.74) is 0. The highest BCUT2D eigenvalue weighted by Crippen LogP contribution is 2.46. The number of furan rings is 1. The molecule has 3 aliphatic rings. The zero-order valence-corrected chi connectivity index (χ0v) is 17.9. The van der Waals surface area contributed by atoms with Gasteiger partial charge in [0.15, 0.2) is 11.7 Å². The molecule has 0 amide bonds. The van der Waals surface area contributed by atoms with Gasteiger partial charge in [-0.1, -0.05) is 6.42 Å². The Kier molecular flexibility index (Phi) is 5.75. The Hall–Kier alpha value is -2.35. The lowest BCUT2D eigenvalue weighted by Gasteiger charge is -2.42. The Labute approximate surface area is 178 Å². The number of aromatic nitrogens is 3. The fourth-order valence-electron chi connectivity index (χ4n) is 5.54. The maximum atomic E-state index is 5.36. The molecule has 2 aromatic rings. The molecule has 8 nitrogen and oxygen atoms in total. The third kappa shape index (κ3) is 4.10. The lowest BCUT2D eigenvalue weighted by atomic mass is 9.93. The van der Waals surface area contributed by atoms with Crippen LogP contribution in [0.5, 0.6) is 0 Å². The van der Waals surface area contributed by atoms with Gasteiger partial charge in [0.1, 0.15) is 5.82 Å². The van der Waals surface area contributed by atoms with Crippen molar-refractivity contribution in [2.75, 3.05) is 39.3 Å². The number of fused-ring (bicyclic) bond motifs is 2. The molecule has 3 fully saturated rings. The normalized spacial score (nSPS) is 27.2. The molecule has 2 N–H and O–H groups in total. The van der Waals surface area contributed by atoms with Gasteiger partial charge < -0.3 is 14.6 Å². The number of nitrogens with zero attached hydrogens (tertiary/aromatic N) is 5.